The SMILES string of the molecule is O=S(=O)(CCc1cnc(F)nc1F)CCc1cnc(F)nc1F. The Bertz CT molecular complexity index is 755. The van der Waals surface area contributed by atoms with Gasteiger partial charge in [0.25, 0.3) is 0 Å². The second kappa shape index (κ2) is 6.94. The van der Waals surface area contributed by atoms with E-state index >= 15 is 0 Å². The molecule has 2 heterocycles. The number of sulfone groups is 1. The summed E-state index contributed by atoms with van der Waals surface area (Å²) in [4.78, 5) is 12.0. The molecule has 0 fully saturated rings. The number of halogens is 4. The lowest BCUT2D eigenvalue weighted by molar-refractivity contribution is 0.474. The number of aromatic nitrogens is 4. The van der Waals surface area contributed by atoms with E-state index in [1.807, 2.05) is 0 Å². The second-order valence-corrected chi connectivity index (χ2v) is 6.87. The monoisotopic (exact) mass is 350 g/mol. The Morgan fingerprint density at radius 2 is 1.17 bits per heavy atom. The van der Waals surface area contributed by atoms with Gasteiger partial charge in [0.1, 0.15) is 0 Å². The van der Waals surface area contributed by atoms with Crippen molar-refractivity contribution in [3.8, 4) is 0 Å². The smallest absolute Gasteiger partial charge is 0.229 e. The Morgan fingerprint density at radius 1 is 0.783 bits per heavy atom. The number of nitrogens with zero attached hydrogens (tertiary/aromatic N) is 4. The van der Waals surface area contributed by atoms with Crippen LogP contribution < -0.4 is 0 Å². The molecule has 0 aromatic carbocycles. The molecule has 0 amide bonds. The van der Waals surface area contributed by atoms with Crippen molar-refractivity contribution in [3.63, 3.8) is 0 Å². The first-order valence-corrected chi connectivity index (χ1v) is 8.13. The molecule has 0 saturated heterocycles. The summed E-state index contributed by atoms with van der Waals surface area (Å²) in [7, 11) is -3.66. The maximum absolute atomic E-state index is 13.3. The zero-order valence-electron chi connectivity index (χ0n) is 11.5. The molecular weight excluding hydrogens is 340 g/mol. The highest BCUT2D eigenvalue weighted by Crippen LogP contribution is 2.09. The molecule has 0 aliphatic rings. The predicted molar refractivity (Wildman–Crippen MR) is 70.0 cm³/mol. The molecule has 6 nitrogen and oxygen atoms in total. The summed E-state index contributed by atoms with van der Waals surface area (Å²) < 4.78 is 75.4. The van der Waals surface area contributed by atoms with Crippen LogP contribution >= 0.6 is 0 Å². The van der Waals surface area contributed by atoms with Crippen LogP contribution in [0.15, 0.2) is 12.4 Å². The van der Waals surface area contributed by atoms with Crippen LogP contribution in [0.2, 0.25) is 0 Å². The van der Waals surface area contributed by atoms with Crippen molar-refractivity contribution in [1.29, 1.82) is 0 Å². The highest BCUT2D eigenvalue weighted by Gasteiger charge is 2.16. The van der Waals surface area contributed by atoms with Crippen LogP contribution in [0.4, 0.5) is 17.6 Å². The quantitative estimate of drug-likeness (QED) is 0.439. The van der Waals surface area contributed by atoms with Gasteiger partial charge in [-0.15, -0.1) is 0 Å². The molecule has 124 valence electrons. The number of hydrogen-bond donors (Lipinski definition) is 0. The highest BCUT2D eigenvalue weighted by atomic mass is 32.2. The van der Waals surface area contributed by atoms with E-state index in [1.165, 1.54) is 0 Å². The molecule has 11 heteroatoms. The van der Waals surface area contributed by atoms with E-state index < -0.39 is 45.4 Å². The van der Waals surface area contributed by atoms with Gasteiger partial charge in [0.2, 0.25) is 11.9 Å². The fourth-order valence-electron chi connectivity index (χ4n) is 1.70. The van der Waals surface area contributed by atoms with E-state index in [4.69, 9.17) is 0 Å². The first kappa shape index (κ1) is 17.2. The van der Waals surface area contributed by atoms with Gasteiger partial charge < -0.3 is 0 Å². The molecule has 2 rings (SSSR count). The van der Waals surface area contributed by atoms with Gasteiger partial charge in [0.15, 0.2) is 9.84 Å². The van der Waals surface area contributed by atoms with Crippen molar-refractivity contribution in [3.05, 3.63) is 47.6 Å². The second-order valence-electron chi connectivity index (χ2n) is 4.56. The Morgan fingerprint density at radius 3 is 1.52 bits per heavy atom. The molecule has 0 radical (unpaired) electrons. The largest absolute Gasteiger partial charge is 0.311 e. The van der Waals surface area contributed by atoms with Gasteiger partial charge in [-0.1, -0.05) is 0 Å². The molecule has 0 saturated carbocycles. The van der Waals surface area contributed by atoms with Gasteiger partial charge in [-0.05, 0) is 12.8 Å². The summed E-state index contributed by atoms with van der Waals surface area (Å²) >= 11 is 0. The summed E-state index contributed by atoms with van der Waals surface area (Å²) in [6.07, 6.45) is -1.28. The van der Waals surface area contributed by atoms with Crippen LogP contribution in [0.25, 0.3) is 0 Å². The molecule has 0 aliphatic heterocycles. The Hall–Kier alpha value is -2.17. The van der Waals surface area contributed by atoms with Crippen molar-refractivity contribution in [2.24, 2.45) is 0 Å². The average molecular weight is 350 g/mol. The fourth-order valence-corrected chi connectivity index (χ4v) is 2.97. The van der Waals surface area contributed by atoms with Crippen molar-refractivity contribution in [2.75, 3.05) is 11.5 Å². The summed E-state index contributed by atoms with van der Waals surface area (Å²) in [5, 5.41) is 0. The van der Waals surface area contributed by atoms with Gasteiger partial charge >= 0.3 is 12.2 Å². The fraction of sp³-hybridized carbons (Fsp3) is 0.333. The van der Waals surface area contributed by atoms with Gasteiger partial charge in [-0.3, -0.25) is 0 Å². The van der Waals surface area contributed by atoms with Crippen molar-refractivity contribution >= 4 is 9.84 Å². The van der Waals surface area contributed by atoms with E-state index in [0.717, 1.165) is 12.4 Å². The topological polar surface area (TPSA) is 85.7 Å². The Labute approximate surface area is 128 Å². The van der Waals surface area contributed by atoms with Gasteiger partial charge in [0.05, 0.1) is 11.5 Å². The normalized spacial score (nSPS) is 11.7. The molecular formula is C12H10F4N4O2S. The van der Waals surface area contributed by atoms with Crippen molar-refractivity contribution in [2.45, 2.75) is 12.8 Å². The third-order valence-corrected chi connectivity index (χ3v) is 4.58. The molecule has 2 aromatic rings. The average Bonchev–Trinajstić information content (AvgIpc) is 2.45. The van der Waals surface area contributed by atoms with Gasteiger partial charge in [-0.2, -0.15) is 27.5 Å². The third-order valence-electron chi connectivity index (χ3n) is 2.93. The van der Waals surface area contributed by atoms with Crippen molar-refractivity contribution < 1.29 is 26.0 Å². The zero-order chi connectivity index (χ0) is 17.0. The van der Waals surface area contributed by atoms with E-state index in [-0.39, 0.29) is 24.0 Å². The molecule has 0 aliphatic carbocycles. The first-order chi connectivity index (χ1) is 10.8. The van der Waals surface area contributed by atoms with E-state index in [1.54, 1.807) is 0 Å². The minimum Gasteiger partial charge on any atom is -0.229 e. The highest BCUT2D eigenvalue weighted by molar-refractivity contribution is 7.91. The molecule has 0 atom stereocenters. The van der Waals surface area contributed by atoms with Gasteiger partial charge in [0, 0.05) is 23.5 Å². The Kier molecular flexibility index (Phi) is 5.19. The maximum atomic E-state index is 13.3. The Balaban J connectivity index is 1.96. The van der Waals surface area contributed by atoms with Crippen molar-refractivity contribution in [1.82, 2.24) is 19.9 Å². The molecule has 23 heavy (non-hydrogen) atoms. The van der Waals surface area contributed by atoms with Crippen LogP contribution in [0.5, 0.6) is 0 Å². The summed E-state index contributed by atoms with van der Waals surface area (Å²) in [5.74, 6) is -3.18. The molecule has 0 unspecified atom stereocenters. The lowest BCUT2D eigenvalue weighted by atomic mass is 10.2. The van der Waals surface area contributed by atoms with Crippen LogP contribution in [-0.4, -0.2) is 39.9 Å². The lowest BCUT2D eigenvalue weighted by Gasteiger charge is -2.05. The maximum Gasteiger partial charge on any atom is 0.311 e. The number of aryl methyl sites for hydroxylation is 2. The zero-order valence-corrected chi connectivity index (χ0v) is 12.3. The van der Waals surface area contributed by atoms with Crippen LogP contribution in [0, 0.1) is 24.1 Å². The summed E-state index contributed by atoms with van der Waals surface area (Å²) in [6.45, 7) is 0. The summed E-state index contributed by atoms with van der Waals surface area (Å²) in [6, 6.07) is 0. The first-order valence-electron chi connectivity index (χ1n) is 6.31. The number of rotatable bonds is 6. The minimum absolute atomic E-state index is 0.147. The van der Waals surface area contributed by atoms with E-state index in [2.05, 4.69) is 19.9 Å². The van der Waals surface area contributed by atoms with Gasteiger partial charge in [-0.25, -0.2) is 18.4 Å². The van der Waals surface area contributed by atoms with Crippen LogP contribution in [0.1, 0.15) is 11.1 Å². The predicted octanol–water partition coefficient (Wildman–Crippen LogP) is 1.02. The number of hydrogen-bond acceptors (Lipinski definition) is 6. The molecule has 0 spiro atoms. The van der Waals surface area contributed by atoms with Crippen LogP contribution in [-0.2, 0) is 22.7 Å². The lowest BCUT2D eigenvalue weighted by Crippen LogP contribution is -2.17. The third kappa shape index (κ3) is 4.91. The van der Waals surface area contributed by atoms with E-state index in [0.29, 0.717) is 0 Å². The standard InChI is InChI=1S/C12H10F4N4O2S/c13-9-7(5-17-11(15)19-9)1-3-23(21,22)4-2-8-6-18-12(16)20-10(8)14/h5-6H,1-4H2. The van der Waals surface area contributed by atoms with Crippen LogP contribution in [0.3, 0.4) is 0 Å². The molecule has 2 aromatic heterocycles. The van der Waals surface area contributed by atoms with E-state index in [9.17, 15) is 26.0 Å². The molecule has 0 N–H and O–H groups in total. The minimum atomic E-state index is -3.66. The molecule has 0 bridgehead atoms. The summed E-state index contributed by atoms with van der Waals surface area (Å²) in [5.41, 5.74) is -0.294.